The van der Waals surface area contributed by atoms with Gasteiger partial charge in [-0.25, -0.2) is 23.5 Å². The van der Waals surface area contributed by atoms with E-state index in [1.165, 1.54) is 0 Å². The van der Waals surface area contributed by atoms with Crippen LogP contribution in [0.3, 0.4) is 0 Å². The molecule has 2 heterocycles. The molecule has 0 aliphatic carbocycles. The Bertz CT molecular complexity index is 892. The van der Waals surface area contributed by atoms with E-state index in [0.717, 1.165) is 15.8 Å². The minimum atomic E-state index is -3.50. The molecule has 8 heteroatoms. The topological polar surface area (TPSA) is 98.0 Å². The number of nitrogens with two attached hydrogens (primary N) is 1. The number of hydrogen-bond donors (Lipinski definition) is 2. The molecule has 0 unspecified atom stereocenters. The molecule has 1 aromatic carbocycles. The Balaban J connectivity index is 1.99. The van der Waals surface area contributed by atoms with E-state index in [0.29, 0.717) is 11.6 Å². The average molecular weight is 334 g/mol. The molecule has 3 N–H and O–H groups in total. The van der Waals surface area contributed by atoms with Crippen molar-refractivity contribution in [1.29, 1.82) is 0 Å². The molecule has 0 amide bonds. The number of nitrogens with zero attached hydrogens (tertiary/aromatic N) is 2. The third kappa shape index (κ3) is 3.41. The zero-order chi connectivity index (χ0) is 15.6. The number of rotatable bonds is 5. The number of hydrogen-bond acceptors (Lipinski definition) is 6. The smallest absolute Gasteiger partial charge is 0.210 e. The lowest BCUT2D eigenvalue weighted by atomic mass is 10.2. The van der Waals surface area contributed by atoms with E-state index in [1.54, 1.807) is 11.3 Å². The molecular formula is C14H14N4O2S2. The monoisotopic (exact) mass is 334 g/mol. The van der Waals surface area contributed by atoms with Crippen molar-refractivity contribution in [2.45, 2.75) is 0 Å². The van der Waals surface area contributed by atoms with Crippen LogP contribution in [0.5, 0.6) is 0 Å². The van der Waals surface area contributed by atoms with Gasteiger partial charge in [-0.1, -0.05) is 18.2 Å². The summed E-state index contributed by atoms with van der Waals surface area (Å²) in [5.41, 5.74) is 0.805. The molecule has 0 radical (unpaired) electrons. The van der Waals surface area contributed by atoms with Gasteiger partial charge in [0.25, 0.3) is 0 Å². The van der Waals surface area contributed by atoms with Gasteiger partial charge < -0.3 is 5.32 Å². The Morgan fingerprint density at radius 3 is 2.68 bits per heavy atom. The first kappa shape index (κ1) is 14.9. The van der Waals surface area contributed by atoms with E-state index < -0.39 is 10.0 Å². The zero-order valence-electron chi connectivity index (χ0n) is 11.6. The van der Waals surface area contributed by atoms with Crippen LogP contribution in [0.1, 0.15) is 0 Å². The molecule has 2 aromatic heterocycles. The summed E-state index contributed by atoms with van der Waals surface area (Å²) in [5.74, 6) is 1.07. The second-order valence-corrected chi connectivity index (χ2v) is 7.37. The van der Waals surface area contributed by atoms with Gasteiger partial charge >= 0.3 is 0 Å². The van der Waals surface area contributed by atoms with Crippen LogP contribution in [0.15, 0.2) is 41.8 Å². The zero-order valence-corrected chi connectivity index (χ0v) is 13.2. The van der Waals surface area contributed by atoms with Gasteiger partial charge in [-0.3, -0.25) is 0 Å². The molecule has 0 spiro atoms. The van der Waals surface area contributed by atoms with Crippen LogP contribution in [0.4, 0.5) is 5.82 Å². The van der Waals surface area contributed by atoms with Crippen LogP contribution in [-0.4, -0.2) is 30.7 Å². The Hall–Kier alpha value is -2.03. The first-order valence-electron chi connectivity index (χ1n) is 6.58. The second-order valence-electron chi connectivity index (χ2n) is 4.68. The minimum absolute atomic E-state index is 0.153. The van der Waals surface area contributed by atoms with E-state index in [1.807, 2.05) is 41.8 Å². The Kier molecular flexibility index (Phi) is 4.06. The molecule has 0 bridgehead atoms. The SMILES string of the molecule is NS(=O)(=O)CCNc1nc(-c2cccs2)nc2ccccc12. The maximum Gasteiger partial charge on any atom is 0.210 e. The molecule has 0 fully saturated rings. The summed E-state index contributed by atoms with van der Waals surface area (Å²) in [6, 6.07) is 11.5. The van der Waals surface area contributed by atoms with Crippen LogP contribution in [0.2, 0.25) is 0 Å². The van der Waals surface area contributed by atoms with Crippen LogP contribution < -0.4 is 10.5 Å². The predicted molar refractivity (Wildman–Crippen MR) is 89.3 cm³/mol. The number of anilines is 1. The molecule has 0 saturated carbocycles. The van der Waals surface area contributed by atoms with Crippen LogP contribution in [0, 0.1) is 0 Å². The van der Waals surface area contributed by atoms with E-state index in [9.17, 15) is 8.42 Å². The summed E-state index contributed by atoms with van der Waals surface area (Å²) in [4.78, 5) is 10.0. The fraction of sp³-hybridized carbons (Fsp3) is 0.143. The summed E-state index contributed by atoms with van der Waals surface area (Å²) in [7, 11) is -3.50. The van der Waals surface area contributed by atoms with Gasteiger partial charge in [0, 0.05) is 11.9 Å². The molecule has 6 nitrogen and oxygen atoms in total. The predicted octanol–water partition coefficient (Wildman–Crippen LogP) is 2.06. The number of aromatic nitrogens is 2. The molecule has 0 saturated heterocycles. The average Bonchev–Trinajstić information content (AvgIpc) is 3.00. The van der Waals surface area contributed by atoms with Gasteiger partial charge in [-0.05, 0) is 23.6 Å². The molecule has 0 aliphatic heterocycles. The number of sulfonamides is 1. The molecule has 114 valence electrons. The van der Waals surface area contributed by atoms with Gasteiger partial charge in [-0.2, -0.15) is 0 Å². The maximum absolute atomic E-state index is 11.0. The largest absolute Gasteiger partial charge is 0.368 e. The first-order valence-corrected chi connectivity index (χ1v) is 9.17. The van der Waals surface area contributed by atoms with E-state index >= 15 is 0 Å². The highest BCUT2D eigenvalue weighted by Gasteiger charge is 2.10. The number of para-hydroxylation sites is 1. The standard InChI is InChI=1S/C14H14N4O2S2/c15-22(19,20)9-7-16-13-10-4-1-2-5-11(10)17-14(18-13)12-6-3-8-21-12/h1-6,8H,7,9H2,(H2,15,19,20)(H,16,17,18). The van der Waals surface area contributed by atoms with Crippen molar-refractivity contribution in [3.8, 4) is 10.7 Å². The third-order valence-corrected chi connectivity index (χ3v) is 4.66. The summed E-state index contributed by atoms with van der Waals surface area (Å²) in [5, 5.41) is 10.9. The number of nitrogens with one attached hydrogen (secondary N) is 1. The van der Waals surface area contributed by atoms with Crippen molar-refractivity contribution in [3.63, 3.8) is 0 Å². The van der Waals surface area contributed by atoms with Crippen molar-refractivity contribution in [2.24, 2.45) is 5.14 Å². The van der Waals surface area contributed by atoms with Crippen molar-refractivity contribution in [2.75, 3.05) is 17.6 Å². The number of benzene rings is 1. The number of primary sulfonamides is 1. The normalized spacial score (nSPS) is 11.7. The van der Waals surface area contributed by atoms with Crippen molar-refractivity contribution in [1.82, 2.24) is 9.97 Å². The Labute approximate surface area is 132 Å². The third-order valence-electron chi connectivity index (χ3n) is 3.02. The van der Waals surface area contributed by atoms with Gasteiger partial charge in [0.1, 0.15) is 5.82 Å². The fourth-order valence-electron chi connectivity index (χ4n) is 2.04. The van der Waals surface area contributed by atoms with E-state index in [-0.39, 0.29) is 12.3 Å². The van der Waals surface area contributed by atoms with Crippen LogP contribution >= 0.6 is 11.3 Å². The summed E-state index contributed by atoms with van der Waals surface area (Å²) >= 11 is 1.55. The Morgan fingerprint density at radius 1 is 1.14 bits per heavy atom. The summed E-state index contributed by atoms with van der Waals surface area (Å²) in [6.07, 6.45) is 0. The highest BCUT2D eigenvalue weighted by Crippen LogP contribution is 2.27. The Morgan fingerprint density at radius 2 is 1.95 bits per heavy atom. The lowest BCUT2D eigenvalue weighted by Crippen LogP contribution is -2.22. The van der Waals surface area contributed by atoms with Gasteiger partial charge in [0.15, 0.2) is 5.82 Å². The molecule has 0 aliphatic rings. The van der Waals surface area contributed by atoms with Gasteiger partial charge in [-0.15, -0.1) is 11.3 Å². The van der Waals surface area contributed by atoms with Crippen LogP contribution in [0.25, 0.3) is 21.6 Å². The lowest BCUT2D eigenvalue weighted by Gasteiger charge is -2.09. The van der Waals surface area contributed by atoms with E-state index in [4.69, 9.17) is 5.14 Å². The first-order chi connectivity index (χ1) is 10.5. The van der Waals surface area contributed by atoms with Gasteiger partial charge in [0.2, 0.25) is 10.0 Å². The quantitative estimate of drug-likeness (QED) is 0.744. The lowest BCUT2D eigenvalue weighted by molar-refractivity contribution is 0.598. The summed E-state index contributed by atoms with van der Waals surface area (Å²) < 4.78 is 22.1. The number of thiophene rings is 1. The molecule has 3 aromatic rings. The molecular weight excluding hydrogens is 320 g/mol. The van der Waals surface area contributed by atoms with Crippen molar-refractivity contribution >= 4 is 38.1 Å². The molecule has 0 atom stereocenters. The van der Waals surface area contributed by atoms with Gasteiger partial charge in [0.05, 0.1) is 16.1 Å². The van der Waals surface area contributed by atoms with Crippen molar-refractivity contribution in [3.05, 3.63) is 41.8 Å². The van der Waals surface area contributed by atoms with Crippen LogP contribution in [-0.2, 0) is 10.0 Å². The van der Waals surface area contributed by atoms with E-state index in [2.05, 4.69) is 15.3 Å². The minimum Gasteiger partial charge on any atom is -0.368 e. The van der Waals surface area contributed by atoms with Crippen molar-refractivity contribution < 1.29 is 8.42 Å². The highest BCUT2D eigenvalue weighted by molar-refractivity contribution is 7.89. The summed E-state index contributed by atoms with van der Waals surface area (Å²) in [6.45, 7) is 0.198. The highest BCUT2D eigenvalue weighted by atomic mass is 32.2. The molecule has 3 rings (SSSR count). The second kappa shape index (κ2) is 5.99. The number of fused-ring (bicyclic) bond motifs is 1. The molecule has 22 heavy (non-hydrogen) atoms. The maximum atomic E-state index is 11.0. The fourth-order valence-corrected chi connectivity index (χ4v) is 3.08.